The smallest absolute Gasteiger partial charge is 0.241 e. The number of hydrogen-bond donors (Lipinski definition) is 1. The molecule has 0 amide bonds. The second-order valence-corrected chi connectivity index (χ2v) is 8.59. The molecule has 5 heteroatoms. The Bertz CT molecular complexity index is 1080. The van der Waals surface area contributed by atoms with Crippen molar-refractivity contribution in [3.05, 3.63) is 94.5 Å². The molecule has 1 N–H and O–H groups in total. The van der Waals surface area contributed by atoms with Gasteiger partial charge in [-0.15, -0.1) is 0 Å². The Balaban J connectivity index is 2.08. The van der Waals surface area contributed by atoms with Crippen LogP contribution in [-0.2, 0) is 10.0 Å². The van der Waals surface area contributed by atoms with Crippen LogP contribution in [0.5, 0.6) is 5.75 Å². The van der Waals surface area contributed by atoms with Crippen LogP contribution in [0.3, 0.4) is 0 Å². The quantitative estimate of drug-likeness (QED) is 0.659. The Hall–Kier alpha value is -2.63. The summed E-state index contributed by atoms with van der Waals surface area (Å²) in [6.45, 7) is 5.61. The third-order valence-corrected chi connectivity index (χ3v) is 6.45. The van der Waals surface area contributed by atoms with Crippen molar-refractivity contribution in [1.82, 2.24) is 4.72 Å². The third kappa shape index (κ3) is 4.11. The zero-order valence-corrected chi connectivity index (χ0v) is 17.4. The minimum Gasteiger partial charge on any atom is -0.496 e. The predicted molar refractivity (Wildman–Crippen MR) is 112 cm³/mol. The number of aryl methyl sites for hydroxylation is 3. The van der Waals surface area contributed by atoms with Crippen molar-refractivity contribution in [2.75, 3.05) is 7.11 Å². The number of nitrogens with one attached hydrogen (secondary N) is 1. The summed E-state index contributed by atoms with van der Waals surface area (Å²) in [5, 5.41) is 0. The van der Waals surface area contributed by atoms with Gasteiger partial charge in [0, 0.05) is 0 Å². The molecule has 0 unspecified atom stereocenters. The Labute approximate surface area is 167 Å². The van der Waals surface area contributed by atoms with Crippen molar-refractivity contribution < 1.29 is 13.2 Å². The molecule has 1 atom stereocenters. The second kappa shape index (κ2) is 8.17. The van der Waals surface area contributed by atoms with Crippen molar-refractivity contribution in [3.8, 4) is 5.75 Å². The summed E-state index contributed by atoms with van der Waals surface area (Å²) in [5.41, 5.74) is 4.28. The Morgan fingerprint density at radius 3 is 2.11 bits per heavy atom. The molecule has 0 aliphatic heterocycles. The first-order chi connectivity index (χ1) is 13.3. The molecule has 3 aromatic rings. The van der Waals surface area contributed by atoms with E-state index in [0.717, 1.165) is 22.3 Å². The largest absolute Gasteiger partial charge is 0.496 e. The highest BCUT2D eigenvalue weighted by atomic mass is 32.2. The number of ether oxygens (including phenoxy) is 1. The van der Waals surface area contributed by atoms with Crippen molar-refractivity contribution in [2.45, 2.75) is 31.7 Å². The number of methoxy groups -OCH3 is 1. The van der Waals surface area contributed by atoms with Gasteiger partial charge in [-0.1, -0.05) is 54.6 Å². The summed E-state index contributed by atoms with van der Waals surface area (Å²) >= 11 is 0. The fourth-order valence-corrected chi connectivity index (χ4v) is 4.87. The predicted octanol–water partition coefficient (Wildman–Crippen LogP) is 4.69. The topological polar surface area (TPSA) is 55.4 Å². The van der Waals surface area contributed by atoms with E-state index < -0.39 is 16.1 Å². The Morgan fingerprint density at radius 1 is 0.821 bits per heavy atom. The lowest BCUT2D eigenvalue weighted by Gasteiger charge is -2.22. The van der Waals surface area contributed by atoms with Gasteiger partial charge in [0.1, 0.15) is 5.75 Å². The highest BCUT2D eigenvalue weighted by molar-refractivity contribution is 7.89. The van der Waals surface area contributed by atoms with Crippen LogP contribution in [-0.4, -0.2) is 15.5 Å². The van der Waals surface area contributed by atoms with Crippen LogP contribution in [0.15, 0.2) is 71.6 Å². The molecule has 146 valence electrons. The molecule has 0 radical (unpaired) electrons. The molecule has 28 heavy (non-hydrogen) atoms. The van der Waals surface area contributed by atoms with Crippen LogP contribution in [0.25, 0.3) is 0 Å². The van der Waals surface area contributed by atoms with Gasteiger partial charge in [-0.3, -0.25) is 0 Å². The van der Waals surface area contributed by atoms with Crippen LogP contribution < -0.4 is 9.46 Å². The fourth-order valence-electron chi connectivity index (χ4n) is 3.36. The normalized spacial score (nSPS) is 12.6. The molecule has 0 aliphatic carbocycles. The highest BCUT2D eigenvalue weighted by Crippen LogP contribution is 2.30. The number of rotatable bonds is 6. The lowest BCUT2D eigenvalue weighted by Crippen LogP contribution is -2.30. The van der Waals surface area contributed by atoms with E-state index in [1.54, 1.807) is 26.2 Å². The molecule has 3 aromatic carbocycles. The summed E-state index contributed by atoms with van der Waals surface area (Å²) < 4.78 is 34.9. The van der Waals surface area contributed by atoms with Crippen molar-refractivity contribution in [3.63, 3.8) is 0 Å². The maximum absolute atomic E-state index is 13.3. The van der Waals surface area contributed by atoms with Crippen molar-refractivity contribution in [1.29, 1.82) is 0 Å². The van der Waals surface area contributed by atoms with Crippen LogP contribution in [0.4, 0.5) is 0 Å². The van der Waals surface area contributed by atoms with E-state index in [-0.39, 0.29) is 4.90 Å². The minimum absolute atomic E-state index is 0.264. The van der Waals surface area contributed by atoms with Crippen LogP contribution in [0.1, 0.15) is 33.9 Å². The van der Waals surface area contributed by atoms with E-state index in [1.807, 2.05) is 68.4 Å². The lowest BCUT2D eigenvalue weighted by molar-refractivity contribution is 0.411. The molecule has 3 rings (SSSR count). The molecule has 0 fully saturated rings. The van der Waals surface area contributed by atoms with Crippen LogP contribution in [0, 0.1) is 20.8 Å². The van der Waals surface area contributed by atoms with Gasteiger partial charge in [0.15, 0.2) is 0 Å². The standard InChI is InChI=1S/C23H25NO3S/c1-16-10-8-9-13-20(16)23(19-11-6-5-7-12-19)24-28(25,26)22-15-17(2)21(27-4)14-18(22)3/h5-15,23-24H,1-4H3/t23-/m1/s1. The van der Waals surface area contributed by atoms with Gasteiger partial charge >= 0.3 is 0 Å². The number of benzene rings is 3. The lowest BCUT2D eigenvalue weighted by atomic mass is 9.96. The van der Waals surface area contributed by atoms with E-state index in [4.69, 9.17) is 4.74 Å². The van der Waals surface area contributed by atoms with Gasteiger partial charge in [-0.05, 0) is 60.7 Å². The first-order valence-electron chi connectivity index (χ1n) is 9.11. The van der Waals surface area contributed by atoms with Gasteiger partial charge in [0.2, 0.25) is 10.0 Å². The molecule has 4 nitrogen and oxygen atoms in total. The number of hydrogen-bond acceptors (Lipinski definition) is 3. The maximum atomic E-state index is 13.3. The van der Waals surface area contributed by atoms with Crippen molar-refractivity contribution in [2.24, 2.45) is 0 Å². The zero-order chi connectivity index (χ0) is 20.3. The van der Waals surface area contributed by atoms with E-state index in [0.29, 0.717) is 11.3 Å². The molecule has 0 heterocycles. The molecule has 0 saturated heterocycles. The first-order valence-corrected chi connectivity index (χ1v) is 10.6. The van der Waals surface area contributed by atoms with Crippen LogP contribution >= 0.6 is 0 Å². The first kappa shape index (κ1) is 20.1. The average molecular weight is 396 g/mol. The average Bonchev–Trinajstić information content (AvgIpc) is 2.69. The van der Waals surface area contributed by atoms with Gasteiger partial charge in [0.05, 0.1) is 18.0 Å². The van der Waals surface area contributed by atoms with Gasteiger partial charge in [0.25, 0.3) is 0 Å². The maximum Gasteiger partial charge on any atom is 0.241 e. The molecule has 0 bridgehead atoms. The summed E-state index contributed by atoms with van der Waals surface area (Å²) in [7, 11) is -2.18. The monoisotopic (exact) mass is 395 g/mol. The molecular weight excluding hydrogens is 370 g/mol. The van der Waals surface area contributed by atoms with Crippen LogP contribution in [0.2, 0.25) is 0 Å². The summed E-state index contributed by atoms with van der Waals surface area (Å²) in [4.78, 5) is 0.264. The Kier molecular flexibility index (Phi) is 5.87. The van der Waals surface area contributed by atoms with E-state index in [1.165, 1.54) is 0 Å². The summed E-state index contributed by atoms with van der Waals surface area (Å²) in [6.07, 6.45) is 0. The summed E-state index contributed by atoms with van der Waals surface area (Å²) in [6, 6.07) is 20.4. The van der Waals surface area contributed by atoms with Gasteiger partial charge < -0.3 is 4.74 Å². The SMILES string of the molecule is COc1cc(C)c(S(=O)(=O)N[C@H](c2ccccc2)c2ccccc2C)cc1C. The molecule has 0 spiro atoms. The van der Waals surface area contributed by atoms with E-state index in [2.05, 4.69) is 4.72 Å². The molecular formula is C23H25NO3S. The zero-order valence-electron chi connectivity index (χ0n) is 16.6. The van der Waals surface area contributed by atoms with Gasteiger partial charge in [-0.25, -0.2) is 8.42 Å². The van der Waals surface area contributed by atoms with E-state index in [9.17, 15) is 8.42 Å². The Morgan fingerprint density at radius 2 is 1.46 bits per heavy atom. The summed E-state index contributed by atoms with van der Waals surface area (Å²) in [5.74, 6) is 0.676. The second-order valence-electron chi connectivity index (χ2n) is 6.91. The van der Waals surface area contributed by atoms with Crippen molar-refractivity contribution >= 4 is 10.0 Å². The molecule has 0 saturated carbocycles. The fraction of sp³-hybridized carbons (Fsp3) is 0.217. The third-order valence-electron chi connectivity index (χ3n) is 4.89. The van der Waals surface area contributed by atoms with Gasteiger partial charge in [-0.2, -0.15) is 4.72 Å². The minimum atomic E-state index is -3.76. The highest BCUT2D eigenvalue weighted by Gasteiger charge is 2.25. The van der Waals surface area contributed by atoms with E-state index >= 15 is 0 Å². The molecule has 0 aliphatic rings. The molecule has 0 aromatic heterocycles. The number of sulfonamides is 1.